The van der Waals surface area contributed by atoms with Gasteiger partial charge in [0.2, 0.25) is 0 Å². The van der Waals surface area contributed by atoms with E-state index in [2.05, 4.69) is 15.3 Å². The van der Waals surface area contributed by atoms with E-state index >= 15 is 0 Å². The van der Waals surface area contributed by atoms with Gasteiger partial charge >= 0.3 is 0 Å². The number of nitrogens with zero attached hydrogens (tertiary/aromatic N) is 2. The van der Waals surface area contributed by atoms with Gasteiger partial charge in [0.15, 0.2) is 0 Å². The van der Waals surface area contributed by atoms with Crippen molar-refractivity contribution in [3.8, 4) is 0 Å². The lowest BCUT2D eigenvalue weighted by Gasteiger charge is -2.04. The molecular weight excluding hydrogens is 214 g/mol. The molecule has 0 saturated heterocycles. The molecule has 86 valence electrons. The number of pyridine rings is 2. The highest BCUT2D eigenvalue weighted by molar-refractivity contribution is 5.92. The molecule has 0 aliphatic rings. The highest BCUT2D eigenvalue weighted by Crippen LogP contribution is 1.99. The van der Waals surface area contributed by atoms with Crippen molar-refractivity contribution >= 4 is 5.91 Å². The lowest BCUT2D eigenvalue weighted by atomic mass is 10.2. The van der Waals surface area contributed by atoms with Gasteiger partial charge in [0.05, 0.1) is 0 Å². The van der Waals surface area contributed by atoms with Crippen molar-refractivity contribution in [2.75, 3.05) is 0 Å². The van der Waals surface area contributed by atoms with Crippen LogP contribution in [0.4, 0.5) is 0 Å². The van der Waals surface area contributed by atoms with E-state index in [1.54, 1.807) is 18.5 Å². The zero-order valence-electron chi connectivity index (χ0n) is 9.55. The highest BCUT2D eigenvalue weighted by atomic mass is 16.1. The average Bonchev–Trinajstić information content (AvgIpc) is 2.37. The van der Waals surface area contributed by atoms with Crippen LogP contribution < -0.4 is 5.32 Å². The van der Waals surface area contributed by atoms with E-state index in [-0.39, 0.29) is 5.91 Å². The zero-order valence-corrected chi connectivity index (χ0v) is 9.55. The molecule has 1 N–H and O–H groups in total. The molecular formula is C13H13N3O. The van der Waals surface area contributed by atoms with Gasteiger partial charge in [-0.25, -0.2) is 4.98 Å². The first kappa shape index (κ1) is 11.3. The minimum Gasteiger partial charge on any atom is -0.347 e. The van der Waals surface area contributed by atoms with Crippen LogP contribution in [-0.4, -0.2) is 15.9 Å². The summed E-state index contributed by atoms with van der Waals surface area (Å²) >= 11 is 0. The third kappa shape index (κ3) is 3.11. The van der Waals surface area contributed by atoms with Gasteiger partial charge in [-0.1, -0.05) is 12.1 Å². The summed E-state index contributed by atoms with van der Waals surface area (Å²) in [5, 5.41) is 2.80. The largest absolute Gasteiger partial charge is 0.347 e. The number of carbonyl (C=O) groups excluding carboxylic acids is 1. The molecule has 2 aromatic rings. The molecule has 2 aromatic heterocycles. The van der Waals surface area contributed by atoms with Crippen LogP contribution in [0.5, 0.6) is 0 Å². The molecule has 0 atom stereocenters. The number of hydrogen-bond acceptors (Lipinski definition) is 3. The minimum absolute atomic E-state index is 0.169. The van der Waals surface area contributed by atoms with Gasteiger partial charge in [-0.15, -0.1) is 0 Å². The van der Waals surface area contributed by atoms with Gasteiger partial charge in [0.25, 0.3) is 5.91 Å². The van der Waals surface area contributed by atoms with Crippen molar-refractivity contribution in [3.63, 3.8) is 0 Å². The number of rotatable bonds is 3. The summed E-state index contributed by atoms with van der Waals surface area (Å²) in [5.74, 6) is -0.169. The summed E-state index contributed by atoms with van der Waals surface area (Å²) < 4.78 is 0. The molecule has 0 unspecified atom stereocenters. The van der Waals surface area contributed by atoms with Crippen LogP contribution in [0.25, 0.3) is 0 Å². The van der Waals surface area contributed by atoms with Gasteiger partial charge in [0.1, 0.15) is 5.69 Å². The summed E-state index contributed by atoms with van der Waals surface area (Å²) in [6.07, 6.45) is 3.43. The number of carbonyl (C=O) groups is 1. The fraction of sp³-hybridized carbons (Fsp3) is 0.154. The molecule has 0 saturated carbocycles. The van der Waals surface area contributed by atoms with Crippen LogP contribution >= 0.6 is 0 Å². The first-order chi connectivity index (χ1) is 8.25. The standard InChI is InChI=1S/C13H13N3O/c1-10-4-2-6-12(16-10)13(17)15-9-11-5-3-7-14-8-11/h2-8H,9H2,1H3,(H,15,17). The summed E-state index contributed by atoms with van der Waals surface area (Å²) in [5.41, 5.74) is 2.24. The second kappa shape index (κ2) is 5.21. The number of hydrogen-bond donors (Lipinski definition) is 1. The highest BCUT2D eigenvalue weighted by Gasteiger charge is 2.06. The number of nitrogens with one attached hydrogen (secondary N) is 1. The van der Waals surface area contributed by atoms with Crippen molar-refractivity contribution in [1.29, 1.82) is 0 Å². The second-order valence-electron chi connectivity index (χ2n) is 3.71. The Morgan fingerprint density at radius 2 is 2.18 bits per heavy atom. The third-order valence-electron chi connectivity index (χ3n) is 2.30. The molecule has 0 fully saturated rings. The quantitative estimate of drug-likeness (QED) is 0.868. The van der Waals surface area contributed by atoms with Gasteiger partial charge in [0, 0.05) is 24.6 Å². The summed E-state index contributed by atoms with van der Waals surface area (Å²) in [6, 6.07) is 9.13. The number of amides is 1. The Labute approximate surface area is 99.7 Å². The topological polar surface area (TPSA) is 54.9 Å². The molecule has 4 nitrogen and oxygen atoms in total. The second-order valence-corrected chi connectivity index (χ2v) is 3.71. The molecule has 17 heavy (non-hydrogen) atoms. The van der Waals surface area contributed by atoms with Gasteiger partial charge in [-0.3, -0.25) is 9.78 Å². The normalized spacial score (nSPS) is 9.94. The lowest BCUT2D eigenvalue weighted by molar-refractivity contribution is 0.0945. The fourth-order valence-electron chi connectivity index (χ4n) is 1.45. The molecule has 1 amide bonds. The summed E-state index contributed by atoms with van der Waals surface area (Å²) in [6.45, 7) is 2.32. The van der Waals surface area contributed by atoms with Crippen LogP contribution in [-0.2, 0) is 6.54 Å². The Kier molecular flexibility index (Phi) is 3.45. The monoisotopic (exact) mass is 227 g/mol. The molecule has 0 spiro atoms. The third-order valence-corrected chi connectivity index (χ3v) is 2.30. The van der Waals surface area contributed by atoms with Gasteiger partial charge in [-0.05, 0) is 30.7 Å². The van der Waals surface area contributed by atoms with E-state index in [1.165, 1.54) is 0 Å². The summed E-state index contributed by atoms with van der Waals surface area (Å²) in [7, 11) is 0. The Hall–Kier alpha value is -2.23. The molecule has 2 heterocycles. The Balaban J connectivity index is 1.98. The number of aromatic nitrogens is 2. The van der Waals surface area contributed by atoms with E-state index in [0.29, 0.717) is 12.2 Å². The van der Waals surface area contributed by atoms with Crippen LogP contribution in [0.3, 0.4) is 0 Å². The van der Waals surface area contributed by atoms with E-state index in [4.69, 9.17) is 0 Å². The predicted molar refractivity (Wildman–Crippen MR) is 64.4 cm³/mol. The fourth-order valence-corrected chi connectivity index (χ4v) is 1.45. The Bertz CT molecular complexity index is 511. The molecule has 0 aliphatic heterocycles. The van der Waals surface area contributed by atoms with E-state index < -0.39 is 0 Å². The zero-order chi connectivity index (χ0) is 12.1. The molecule has 0 aliphatic carbocycles. The maximum absolute atomic E-state index is 11.8. The Morgan fingerprint density at radius 1 is 1.29 bits per heavy atom. The van der Waals surface area contributed by atoms with E-state index in [9.17, 15) is 4.79 Å². The maximum atomic E-state index is 11.8. The molecule has 0 radical (unpaired) electrons. The molecule has 0 bridgehead atoms. The van der Waals surface area contributed by atoms with Gasteiger partial charge < -0.3 is 5.32 Å². The molecule has 4 heteroatoms. The Morgan fingerprint density at radius 3 is 2.88 bits per heavy atom. The molecule has 2 rings (SSSR count). The predicted octanol–water partition coefficient (Wildman–Crippen LogP) is 1.72. The van der Waals surface area contributed by atoms with Crippen LogP contribution in [0.2, 0.25) is 0 Å². The van der Waals surface area contributed by atoms with Crippen LogP contribution in [0, 0.1) is 6.92 Å². The van der Waals surface area contributed by atoms with Crippen molar-refractivity contribution in [1.82, 2.24) is 15.3 Å². The smallest absolute Gasteiger partial charge is 0.270 e. The summed E-state index contributed by atoms with van der Waals surface area (Å²) in [4.78, 5) is 19.9. The van der Waals surface area contributed by atoms with Crippen LogP contribution in [0.1, 0.15) is 21.7 Å². The maximum Gasteiger partial charge on any atom is 0.270 e. The van der Waals surface area contributed by atoms with Crippen LogP contribution in [0.15, 0.2) is 42.7 Å². The SMILES string of the molecule is Cc1cccc(C(=O)NCc2cccnc2)n1. The average molecular weight is 227 g/mol. The van der Waals surface area contributed by atoms with Crippen molar-refractivity contribution in [2.24, 2.45) is 0 Å². The lowest BCUT2D eigenvalue weighted by Crippen LogP contribution is -2.23. The van der Waals surface area contributed by atoms with Crippen molar-refractivity contribution < 1.29 is 4.79 Å². The first-order valence-corrected chi connectivity index (χ1v) is 5.36. The van der Waals surface area contributed by atoms with Gasteiger partial charge in [-0.2, -0.15) is 0 Å². The van der Waals surface area contributed by atoms with Crippen molar-refractivity contribution in [3.05, 3.63) is 59.7 Å². The minimum atomic E-state index is -0.169. The first-order valence-electron chi connectivity index (χ1n) is 5.36. The number of aryl methyl sites for hydroxylation is 1. The molecule has 0 aromatic carbocycles. The van der Waals surface area contributed by atoms with Crippen molar-refractivity contribution in [2.45, 2.75) is 13.5 Å². The van der Waals surface area contributed by atoms with E-state index in [1.807, 2.05) is 31.2 Å². The van der Waals surface area contributed by atoms with E-state index in [0.717, 1.165) is 11.3 Å².